The van der Waals surface area contributed by atoms with Gasteiger partial charge in [-0.25, -0.2) is 4.79 Å². The molecule has 0 aliphatic heterocycles. The Kier molecular flexibility index (Phi) is 6.20. The maximum absolute atomic E-state index is 13.9. The summed E-state index contributed by atoms with van der Waals surface area (Å²) in [5.74, 6) is 0.0569. The summed E-state index contributed by atoms with van der Waals surface area (Å²) in [6.45, 7) is 12.6. The zero-order valence-corrected chi connectivity index (χ0v) is 25.4. The van der Waals surface area contributed by atoms with Gasteiger partial charge in [0.15, 0.2) is 6.29 Å². The molecule has 216 valence electrons. The number of carbonyl (C=O) groups excluding carboxylic acids is 1. The van der Waals surface area contributed by atoms with E-state index in [1.165, 1.54) is 21.9 Å². The minimum atomic E-state index is -1.13. The van der Waals surface area contributed by atoms with Crippen LogP contribution in [0.1, 0.15) is 94.1 Å². The van der Waals surface area contributed by atoms with Gasteiger partial charge in [-0.15, -0.1) is 0 Å². The number of fused-ring (bicyclic) bond motifs is 2. The number of hydrogen-bond acceptors (Lipinski definition) is 4. The number of aliphatic hydroxyl groups excluding tert-OH is 1. The molecule has 4 aliphatic carbocycles. The number of carbonyl (C=O) groups is 1. The minimum absolute atomic E-state index is 0.188. The zero-order chi connectivity index (χ0) is 29.6. The average molecular weight is 561 g/mol. The van der Waals surface area contributed by atoms with E-state index >= 15 is 0 Å². The van der Waals surface area contributed by atoms with E-state index in [0.29, 0.717) is 5.56 Å². The molecule has 8 rings (SSSR count). The highest BCUT2D eigenvalue weighted by Crippen LogP contribution is 2.73. The highest BCUT2D eigenvalue weighted by Gasteiger charge is 2.70. The van der Waals surface area contributed by atoms with Gasteiger partial charge in [0, 0.05) is 28.2 Å². The van der Waals surface area contributed by atoms with Crippen LogP contribution in [0.15, 0.2) is 72.8 Å². The Hall–Kier alpha value is -3.47. The van der Waals surface area contributed by atoms with E-state index in [4.69, 9.17) is 9.47 Å². The van der Waals surface area contributed by atoms with Crippen LogP contribution in [-0.2, 0) is 9.47 Å². The van der Waals surface area contributed by atoms with Crippen LogP contribution < -0.4 is 0 Å². The standard InChI is InChI=1S/C38H40O4/c1-21-15-22(2)18-26(17-21)35(39)41-33-34(42-36(40)27-19-23(3)16-24(4)20-27)38(6)14-13-37(33,5)31-28-11-7-9-25-10-8-12-29(30(25)28)32(31)38/h7-12,15-20,31-35,39H,13-14H2,1-6H3. The Morgan fingerprint density at radius 3 is 1.81 bits per heavy atom. The number of aliphatic hydroxyl groups is 1. The van der Waals surface area contributed by atoms with E-state index in [9.17, 15) is 9.90 Å². The van der Waals surface area contributed by atoms with Gasteiger partial charge in [-0.05, 0) is 74.6 Å². The normalized spacial score (nSPS) is 29.9. The quantitative estimate of drug-likeness (QED) is 0.197. The molecule has 1 N–H and O–H groups in total. The fourth-order valence-corrected chi connectivity index (χ4v) is 9.00. The van der Waals surface area contributed by atoms with Crippen LogP contribution in [0.2, 0.25) is 0 Å². The van der Waals surface area contributed by atoms with E-state index in [2.05, 4.69) is 62.4 Å². The summed E-state index contributed by atoms with van der Waals surface area (Å²) in [4.78, 5) is 13.9. The Bertz CT molecular complexity index is 1690. The minimum Gasteiger partial charge on any atom is -0.455 e. The first-order chi connectivity index (χ1) is 20.0. The first-order valence-corrected chi connectivity index (χ1v) is 15.2. The van der Waals surface area contributed by atoms with Gasteiger partial charge < -0.3 is 14.6 Å². The third-order valence-electron chi connectivity index (χ3n) is 10.7. The van der Waals surface area contributed by atoms with E-state index in [1.807, 2.05) is 52.0 Å². The number of benzene rings is 4. The summed E-state index contributed by atoms with van der Waals surface area (Å²) in [5.41, 5.74) is 7.47. The van der Waals surface area contributed by atoms with Crippen molar-refractivity contribution in [1.29, 1.82) is 0 Å². The van der Waals surface area contributed by atoms with Crippen molar-refractivity contribution in [2.75, 3.05) is 0 Å². The second-order valence-corrected chi connectivity index (χ2v) is 13.8. The molecule has 4 aromatic carbocycles. The SMILES string of the molecule is Cc1cc(C)cc(C(=O)OC2C(OC(O)c3cc(C)cc(C)c3)C3(C)CCC2(C)C2c4cccc5cccc(c45)C23)c1. The first kappa shape index (κ1) is 27.4. The van der Waals surface area contributed by atoms with Gasteiger partial charge in [0.2, 0.25) is 0 Å². The molecular formula is C38H40O4. The molecule has 0 amide bonds. The fourth-order valence-electron chi connectivity index (χ4n) is 9.00. The van der Waals surface area contributed by atoms with Crippen molar-refractivity contribution >= 4 is 16.7 Å². The van der Waals surface area contributed by atoms with Crippen LogP contribution in [0.25, 0.3) is 10.8 Å². The van der Waals surface area contributed by atoms with Crippen molar-refractivity contribution in [3.63, 3.8) is 0 Å². The molecule has 3 fully saturated rings. The summed E-state index contributed by atoms with van der Waals surface area (Å²) in [7, 11) is 0. The molecule has 42 heavy (non-hydrogen) atoms. The van der Waals surface area contributed by atoms with Crippen LogP contribution in [0.3, 0.4) is 0 Å². The summed E-state index contributed by atoms with van der Waals surface area (Å²) < 4.78 is 13.4. The average Bonchev–Trinajstić information content (AvgIpc) is 3.29. The summed E-state index contributed by atoms with van der Waals surface area (Å²) in [6.07, 6.45) is -0.312. The summed E-state index contributed by atoms with van der Waals surface area (Å²) in [5, 5.41) is 14.2. The molecule has 7 unspecified atom stereocenters. The lowest BCUT2D eigenvalue weighted by molar-refractivity contribution is -0.273. The number of esters is 1. The number of ether oxygens (including phenoxy) is 2. The third-order valence-corrected chi connectivity index (χ3v) is 10.7. The molecule has 0 saturated heterocycles. The molecule has 7 atom stereocenters. The summed E-state index contributed by atoms with van der Waals surface area (Å²) in [6, 6.07) is 25.2. The van der Waals surface area contributed by atoms with Crippen molar-refractivity contribution in [2.24, 2.45) is 10.8 Å². The molecule has 4 aromatic rings. The zero-order valence-electron chi connectivity index (χ0n) is 25.4. The molecule has 4 heteroatoms. The number of hydrogen-bond donors (Lipinski definition) is 1. The molecule has 0 heterocycles. The van der Waals surface area contributed by atoms with E-state index in [0.717, 1.165) is 40.7 Å². The second-order valence-electron chi connectivity index (χ2n) is 13.8. The Balaban J connectivity index is 1.36. The van der Waals surface area contributed by atoms with Gasteiger partial charge in [-0.1, -0.05) is 96.8 Å². The predicted molar refractivity (Wildman–Crippen MR) is 166 cm³/mol. The smallest absolute Gasteiger partial charge is 0.338 e. The van der Waals surface area contributed by atoms with Crippen molar-refractivity contribution < 1.29 is 19.4 Å². The van der Waals surface area contributed by atoms with Gasteiger partial charge in [0.05, 0.1) is 5.56 Å². The van der Waals surface area contributed by atoms with E-state index in [-0.39, 0.29) is 28.6 Å². The highest BCUT2D eigenvalue weighted by atomic mass is 16.6. The van der Waals surface area contributed by atoms with Crippen LogP contribution in [0.4, 0.5) is 0 Å². The monoisotopic (exact) mass is 560 g/mol. The number of aryl methyl sites for hydroxylation is 4. The molecular weight excluding hydrogens is 520 g/mol. The van der Waals surface area contributed by atoms with Crippen molar-refractivity contribution in [2.45, 2.75) is 84.7 Å². The van der Waals surface area contributed by atoms with Crippen LogP contribution in [0.5, 0.6) is 0 Å². The molecule has 0 aromatic heterocycles. The van der Waals surface area contributed by atoms with Crippen LogP contribution in [-0.4, -0.2) is 23.3 Å². The Morgan fingerprint density at radius 1 is 0.762 bits per heavy atom. The van der Waals surface area contributed by atoms with Gasteiger partial charge in [-0.2, -0.15) is 0 Å². The maximum atomic E-state index is 13.9. The van der Waals surface area contributed by atoms with Gasteiger partial charge >= 0.3 is 5.97 Å². The van der Waals surface area contributed by atoms with E-state index in [1.54, 1.807) is 0 Å². The van der Waals surface area contributed by atoms with Gasteiger partial charge in [0.1, 0.15) is 12.2 Å². The molecule has 2 bridgehead atoms. The van der Waals surface area contributed by atoms with Gasteiger partial charge in [0.25, 0.3) is 0 Å². The van der Waals surface area contributed by atoms with Gasteiger partial charge in [-0.3, -0.25) is 0 Å². The topological polar surface area (TPSA) is 55.8 Å². The second kappa shape index (κ2) is 9.52. The van der Waals surface area contributed by atoms with Crippen LogP contribution >= 0.6 is 0 Å². The molecule has 0 spiro atoms. The van der Waals surface area contributed by atoms with E-state index < -0.39 is 18.5 Å². The molecule has 4 nitrogen and oxygen atoms in total. The molecule has 0 radical (unpaired) electrons. The number of rotatable bonds is 5. The third kappa shape index (κ3) is 3.99. The summed E-state index contributed by atoms with van der Waals surface area (Å²) >= 11 is 0. The first-order valence-electron chi connectivity index (χ1n) is 15.2. The van der Waals surface area contributed by atoms with Crippen molar-refractivity contribution in [1.82, 2.24) is 0 Å². The van der Waals surface area contributed by atoms with Crippen molar-refractivity contribution in [3.8, 4) is 0 Å². The lowest BCUT2D eigenvalue weighted by Crippen LogP contribution is -2.66. The molecule has 3 saturated carbocycles. The lowest BCUT2D eigenvalue weighted by Gasteiger charge is -2.65. The van der Waals surface area contributed by atoms with Crippen molar-refractivity contribution in [3.05, 3.63) is 117 Å². The maximum Gasteiger partial charge on any atom is 0.338 e. The Morgan fingerprint density at radius 2 is 1.26 bits per heavy atom. The Labute approximate surface area is 248 Å². The van der Waals surface area contributed by atoms with Crippen LogP contribution in [0, 0.1) is 38.5 Å². The highest BCUT2D eigenvalue weighted by molar-refractivity contribution is 5.93. The predicted octanol–water partition coefficient (Wildman–Crippen LogP) is 8.38. The molecule has 4 aliphatic rings. The fraction of sp³-hybridized carbons (Fsp3) is 0.395. The largest absolute Gasteiger partial charge is 0.455 e. The lowest BCUT2D eigenvalue weighted by atomic mass is 9.43.